The molecule has 0 bridgehead atoms. The Labute approximate surface area is 146 Å². The first-order valence-electron chi connectivity index (χ1n) is 7.27. The lowest BCUT2D eigenvalue weighted by Gasteiger charge is -2.24. The fourth-order valence-corrected chi connectivity index (χ4v) is 3.77. The molecule has 0 unspecified atom stereocenters. The molecule has 24 heavy (non-hydrogen) atoms. The molecule has 3 heterocycles. The fourth-order valence-electron chi connectivity index (χ4n) is 2.23. The molecule has 120 valence electrons. The molecule has 0 fully saturated rings. The molecule has 3 aromatic rings. The zero-order chi connectivity index (χ0) is 16.4. The minimum Gasteiger partial charge on any atom is -0.485 e. The number of thioether (sulfide) groups is 1. The van der Waals surface area contributed by atoms with E-state index < -0.39 is 0 Å². The highest BCUT2D eigenvalue weighted by molar-refractivity contribution is 8.14. The number of para-hydroxylation sites is 2. The highest BCUT2D eigenvalue weighted by atomic mass is 32.2. The van der Waals surface area contributed by atoms with Gasteiger partial charge in [0.05, 0.1) is 0 Å². The van der Waals surface area contributed by atoms with Gasteiger partial charge in [-0.15, -0.1) is 11.3 Å². The van der Waals surface area contributed by atoms with Crippen LogP contribution < -0.4 is 9.47 Å². The maximum Gasteiger partial charge on any atom is 0.244 e. The number of pyridine rings is 1. The zero-order valence-electron chi connectivity index (χ0n) is 12.4. The molecule has 1 aliphatic heterocycles. The normalized spacial score (nSPS) is 15.9. The Kier molecular flexibility index (Phi) is 4.18. The highest BCUT2D eigenvalue weighted by Gasteiger charge is 2.26. The Morgan fingerprint density at radius 2 is 2.00 bits per heavy atom. The number of thiazole rings is 1. The number of benzene rings is 1. The summed E-state index contributed by atoms with van der Waals surface area (Å²) in [5.41, 5.74) is 0.410. The van der Waals surface area contributed by atoms with E-state index in [9.17, 15) is 4.79 Å². The maximum absolute atomic E-state index is 12.3. The van der Waals surface area contributed by atoms with Crippen molar-refractivity contribution in [3.8, 4) is 11.5 Å². The summed E-state index contributed by atoms with van der Waals surface area (Å²) in [4.78, 5) is 20.9. The van der Waals surface area contributed by atoms with Crippen LogP contribution in [0.15, 0.2) is 59.1 Å². The lowest BCUT2D eigenvalue weighted by atomic mass is 10.2. The number of rotatable bonds is 3. The minimum absolute atomic E-state index is 0.131. The molecule has 0 radical (unpaired) electrons. The molecule has 2 aromatic heterocycles. The molecule has 0 spiro atoms. The lowest BCUT2D eigenvalue weighted by molar-refractivity contribution is 0.0908. The second-order valence-electron chi connectivity index (χ2n) is 4.99. The SMILES string of the molecule is O=C(Sc1ccccn1)c1csc([C@@H]2COc3ccccc3O2)n1. The van der Waals surface area contributed by atoms with E-state index in [0.717, 1.165) is 22.5 Å². The Balaban J connectivity index is 1.48. The van der Waals surface area contributed by atoms with Gasteiger partial charge in [0.25, 0.3) is 0 Å². The Morgan fingerprint density at radius 1 is 1.17 bits per heavy atom. The highest BCUT2D eigenvalue weighted by Crippen LogP contribution is 2.36. The molecule has 0 amide bonds. The van der Waals surface area contributed by atoms with Crippen molar-refractivity contribution in [1.29, 1.82) is 0 Å². The van der Waals surface area contributed by atoms with Crippen molar-refractivity contribution in [3.05, 3.63) is 64.7 Å². The largest absolute Gasteiger partial charge is 0.485 e. The maximum atomic E-state index is 12.3. The fraction of sp³-hybridized carbons (Fsp3) is 0.118. The van der Waals surface area contributed by atoms with Gasteiger partial charge in [0.2, 0.25) is 5.12 Å². The van der Waals surface area contributed by atoms with Gasteiger partial charge in [0, 0.05) is 11.6 Å². The van der Waals surface area contributed by atoms with Crippen LogP contribution in [-0.2, 0) is 0 Å². The molecule has 7 heteroatoms. The summed E-state index contributed by atoms with van der Waals surface area (Å²) in [6.45, 7) is 0.380. The first kappa shape index (κ1) is 15.2. The van der Waals surface area contributed by atoms with Gasteiger partial charge in [-0.1, -0.05) is 18.2 Å². The third-order valence-corrected chi connectivity index (χ3v) is 5.13. The van der Waals surface area contributed by atoms with E-state index in [2.05, 4.69) is 9.97 Å². The predicted octanol–water partition coefficient (Wildman–Crippen LogP) is 3.98. The molecular formula is C17H12N2O3S2. The van der Waals surface area contributed by atoms with Crippen molar-refractivity contribution in [2.75, 3.05) is 6.61 Å². The Bertz CT molecular complexity index is 867. The molecule has 1 aliphatic rings. The van der Waals surface area contributed by atoms with Gasteiger partial charge in [-0.25, -0.2) is 9.97 Å². The Morgan fingerprint density at radius 3 is 2.83 bits per heavy atom. The smallest absolute Gasteiger partial charge is 0.244 e. The predicted molar refractivity (Wildman–Crippen MR) is 91.8 cm³/mol. The van der Waals surface area contributed by atoms with Crippen molar-refractivity contribution in [1.82, 2.24) is 9.97 Å². The number of hydrogen-bond donors (Lipinski definition) is 0. The first-order chi connectivity index (χ1) is 11.8. The van der Waals surface area contributed by atoms with E-state index in [1.54, 1.807) is 17.6 Å². The van der Waals surface area contributed by atoms with Gasteiger partial charge < -0.3 is 9.47 Å². The van der Waals surface area contributed by atoms with Crippen LogP contribution in [0.5, 0.6) is 11.5 Å². The average Bonchev–Trinajstić information content (AvgIpc) is 3.12. The van der Waals surface area contributed by atoms with E-state index in [1.165, 1.54) is 11.3 Å². The molecule has 0 saturated heterocycles. The summed E-state index contributed by atoms with van der Waals surface area (Å²) in [5, 5.41) is 3.00. The third kappa shape index (κ3) is 3.13. The molecule has 0 N–H and O–H groups in total. The molecule has 4 rings (SSSR count). The van der Waals surface area contributed by atoms with E-state index in [-0.39, 0.29) is 11.2 Å². The van der Waals surface area contributed by atoms with Crippen molar-refractivity contribution in [2.45, 2.75) is 11.1 Å². The van der Waals surface area contributed by atoms with Crippen molar-refractivity contribution in [2.24, 2.45) is 0 Å². The zero-order valence-corrected chi connectivity index (χ0v) is 14.0. The monoisotopic (exact) mass is 356 g/mol. The van der Waals surface area contributed by atoms with E-state index in [4.69, 9.17) is 9.47 Å². The average molecular weight is 356 g/mol. The van der Waals surface area contributed by atoms with Crippen LogP contribution in [-0.4, -0.2) is 21.7 Å². The topological polar surface area (TPSA) is 61.3 Å². The standard InChI is InChI=1S/C17H12N2O3S2/c20-17(24-15-7-3-4-8-18-15)11-10-23-16(19-11)14-9-21-12-5-1-2-6-13(12)22-14/h1-8,10,14H,9H2/t14-/m0/s1. The number of hydrogen-bond acceptors (Lipinski definition) is 7. The summed E-state index contributed by atoms with van der Waals surface area (Å²) in [5.74, 6) is 1.42. The van der Waals surface area contributed by atoms with Crippen LogP contribution in [0.3, 0.4) is 0 Å². The van der Waals surface area contributed by atoms with Crippen LogP contribution in [0.1, 0.15) is 21.6 Å². The number of aromatic nitrogens is 2. The summed E-state index contributed by atoms with van der Waals surface area (Å²) < 4.78 is 11.6. The lowest BCUT2D eigenvalue weighted by Crippen LogP contribution is -2.21. The van der Waals surface area contributed by atoms with E-state index in [1.807, 2.05) is 36.4 Å². The molecule has 1 aromatic carbocycles. The van der Waals surface area contributed by atoms with Gasteiger partial charge in [-0.3, -0.25) is 4.79 Å². The van der Waals surface area contributed by atoms with Crippen molar-refractivity contribution >= 4 is 28.2 Å². The first-order valence-corrected chi connectivity index (χ1v) is 8.96. The van der Waals surface area contributed by atoms with Crippen LogP contribution in [0.25, 0.3) is 0 Å². The molecule has 0 saturated carbocycles. The van der Waals surface area contributed by atoms with Gasteiger partial charge >= 0.3 is 0 Å². The quantitative estimate of drug-likeness (QED) is 0.662. The number of fused-ring (bicyclic) bond motifs is 1. The molecule has 1 atom stereocenters. The summed E-state index contributed by atoms with van der Waals surface area (Å²) in [7, 11) is 0. The van der Waals surface area contributed by atoms with Gasteiger partial charge in [0.15, 0.2) is 17.6 Å². The van der Waals surface area contributed by atoms with Gasteiger partial charge in [0.1, 0.15) is 22.3 Å². The van der Waals surface area contributed by atoms with Gasteiger partial charge in [-0.05, 0) is 36.0 Å². The van der Waals surface area contributed by atoms with Crippen LogP contribution >= 0.6 is 23.1 Å². The molecular weight excluding hydrogens is 344 g/mol. The van der Waals surface area contributed by atoms with Crippen LogP contribution in [0.2, 0.25) is 0 Å². The van der Waals surface area contributed by atoms with Crippen LogP contribution in [0.4, 0.5) is 0 Å². The molecule has 5 nitrogen and oxygen atoms in total. The molecule has 0 aliphatic carbocycles. The van der Waals surface area contributed by atoms with Crippen molar-refractivity contribution < 1.29 is 14.3 Å². The summed E-state index contributed by atoms with van der Waals surface area (Å²) in [6.07, 6.45) is 1.36. The van der Waals surface area contributed by atoms with E-state index in [0.29, 0.717) is 23.1 Å². The second-order valence-corrected chi connectivity index (χ2v) is 6.88. The minimum atomic E-state index is -0.300. The summed E-state index contributed by atoms with van der Waals surface area (Å²) in [6, 6.07) is 13.0. The number of ether oxygens (including phenoxy) is 2. The number of carbonyl (C=O) groups is 1. The number of nitrogens with zero attached hydrogens (tertiary/aromatic N) is 2. The van der Waals surface area contributed by atoms with Crippen molar-refractivity contribution in [3.63, 3.8) is 0 Å². The van der Waals surface area contributed by atoms with E-state index >= 15 is 0 Å². The Hall–Kier alpha value is -2.38. The van der Waals surface area contributed by atoms with Crippen LogP contribution in [0, 0.1) is 0 Å². The number of carbonyl (C=O) groups excluding carboxylic acids is 1. The second kappa shape index (κ2) is 6.62. The third-order valence-electron chi connectivity index (χ3n) is 3.35. The summed E-state index contributed by atoms with van der Waals surface area (Å²) >= 11 is 2.47. The van der Waals surface area contributed by atoms with Gasteiger partial charge in [-0.2, -0.15) is 0 Å².